The number of carbonyl (C=O) groups is 4. The summed E-state index contributed by atoms with van der Waals surface area (Å²) in [5.74, 6) is -2.57. The standard InChI is InChI=1S/C23H36O15/c1-10(24)32-7-5-6-14-21(35-13(4)27)20(31)22(16(36-14)9-34-12(3)26)38-23-19(30)18(29)17(28)15(37-23)8-33-11(2)25/h14-23,28-31H,5-9H2,1-4H3. The van der Waals surface area contributed by atoms with Crippen LogP contribution in [0.2, 0.25) is 0 Å². The zero-order valence-corrected chi connectivity index (χ0v) is 21.6. The molecule has 10 atom stereocenters. The van der Waals surface area contributed by atoms with Crippen molar-refractivity contribution in [2.24, 2.45) is 0 Å². The molecule has 4 N–H and O–H groups in total. The number of hydrogen-bond donors (Lipinski definition) is 4. The third kappa shape index (κ3) is 9.11. The molecule has 2 rings (SSSR count). The maximum atomic E-state index is 11.8. The van der Waals surface area contributed by atoms with E-state index in [1.807, 2.05) is 0 Å². The number of aliphatic hydroxyl groups excluding tert-OH is 4. The van der Waals surface area contributed by atoms with E-state index in [0.29, 0.717) is 0 Å². The fraction of sp³-hybridized carbons (Fsp3) is 0.826. The van der Waals surface area contributed by atoms with Gasteiger partial charge in [-0.2, -0.15) is 0 Å². The Morgan fingerprint density at radius 3 is 1.76 bits per heavy atom. The summed E-state index contributed by atoms with van der Waals surface area (Å²) >= 11 is 0. The zero-order chi connectivity index (χ0) is 28.6. The van der Waals surface area contributed by atoms with Gasteiger partial charge in [0.1, 0.15) is 55.9 Å². The van der Waals surface area contributed by atoms with Gasteiger partial charge in [-0.1, -0.05) is 0 Å². The summed E-state index contributed by atoms with van der Waals surface area (Å²) in [5.41, 5.74) is 0. The Morgan fingerprint density at radius 1 is 0.632 bits per heavy atom. The SMILES string of the molecule is CC(=O)OCCCC1OC(COC(C)=O)C(OC2OC(COC(C)=O)C(O)C(O)C2O)C(O)C1OC(C)=O. The van der Waals surface area contributed by atoms with Crippen LogP contribution in [-0.4, -0.2) is 125 Å². The summed E-state index contributed by atoms with van der Waals surface area (Å²) in [7, 11) is 0. The van der Waals surface area contributed by atoms with Crippen LogP contribution in [0, 0.1) is 0 Å². The molecule has 0 aromatic carbocycles. The summed E-state index contributed by atoms with van der Waals surface area (Å²) in [6, 6.07) is 0. The van der Waals surface area contributed by atoms with Crippen LogP contribution in [0.15, 0.2) is 0 Å². The first-order valence-corrected chi connectivity index (χ1v) is 12.1. The second-order valence-corrected chi connectivity index (χ2v) is 8.98. The van der Waals surface area contributed by atoms with Gasteiger partial charge in [-0.25, -0.2) is 0 Å². The van der Waals surface area contributed by atoms with Gasteiger partial charge in [0.2, 0.25) is 0 Å². The van der Waals surface area contributed by atoms with Crippen molar-refractivity contribution in [3.63, 3.8) is 0 Å². The Labute approximate surface area is 218 Å². The van der Waals surface area contributed by atoms with Crippen molar-refractivity contribution >= 4 is 23.9 Å². The molecular weight excluding hydrogens is 516 g/mol. The molecule has 0 saturated carbocycles. The van der Waals surface area contributed by atoms with E-state index in [0.717, 1.165) is 20.8 Å². The highest BCUT2D eigenvalue weighted by molar-refractivity contribution is 5.67. The Balaban J connectivity index is 2.26. The monoisotopic (exact) mass is 552 g/mol. The summed E-state index contributed by atoms with van der Waals surface area (Å²) in [5, 5.41) is 42.2. The predicted octanol–water partition coefficient (Wildman–Crippen LogP) is -2.29. The molecule has 218 valence electrons. The third-order valence-corrected chi connectivity index (χ3v) is 5.86. The van der Waals surface area contributed by atoms with Gasteiger partial charge in [-0.05, 0) is 12.8 Å². The molecule has 2 fully saturated rings. The number of carbonyl (C=O) groups excluding carboxylic acids is 4. The summed E-state index contributed by atoms with van der Waals surface area (Å²) < 4.78 is 37.3. The van der Waals surface area contributed by atoms with Crippen molar-refractivity contribution in [2.45, 2.75) is 102 Å². The fourth-order valence-corrected chi connectivity index (χ4v) is 4.10. The van der Waals surface area contributed by atoms with Gasteiger partial charge in [-0.15, -0.1) is 0 Å². The Hall–Kier alpha value is -2.40. The lowest BCUT2D eigenvalue weighted by Gasteiger charge is -2.47. The molecule has 2 saturated heterocycles. The second kappa shape index (κ2) is 14.7. The molecule has 15 nitrogen and oxygen atoms in total. The van der Waals surface area contributed by atoms with Crippen molar-refractivity contribution in [3.8, 4) is 0 Å². The second-order valence-electron chi connectivity index (χ2n) is 8.98. The highest BCUT2D eigenvalue weighted by atomic mass is 16.7. The van der Waals surface area contributed by atoms with Crippen LogP contribution in [0.5, 0.6) is 0 Å². The molecule has 0 amide bonds. The average Bonchev–Trinajstić information content (AvgIpc) is 2.83. The van der Waals surface area contributed by atoms with Crippen LogP contribution >= 0.6 is 0 Å². The molecule has 0 aliphatic carbocycles. The summed E-state index contributed by atoms with van der Waals surface area (Å²) in [6.07, 6.45) is -14.1. The van der Waals surface area contributed by atoms with Crippen molar-refractivity contribution in [1.29, 1.82) is 0 Å². The minimum Gasteiger partial charge on any atom is -0.466 e. The van der Waals surface area contributed by atoms with Crippen LogP contribution < -0.4 is 0 Å². The molecule has 0 spiro atoms. The minimum atomic E-state index is -1.81. The van der Waals surface area contributed by atoms with Gasteiger partial charge in [0.25, 0.3) is 0 Å². The smallest absolute Gasteiger partial charge is 0.303 e. The summed E-state index contributed by atoms with van der Waals surface area (Å²) in [6.45, 7) is 3.80. The van der Waals surface area contributed by atoms with Crippen LogP contribution in [0.4, 0.5) is 0 Å². The number of aliphatic hydroxyl groups is 4. The van der Waals surface area contributed by atoms with Crippen LogP contribution in [0.3, 0.4) is 0 Å². The van der Waals surface area contributed by atoms with E-state index < -0.39 is 98.3 Å². The molecule has 0 radical (unpaired) electrons. The molecule has 2 aliphatic rings. The van der Waals surface area contributed by atoms with E-state index in [4.69, 9.17) is 33.2 Å². The highest BCUT2D eigenvalue weighted by Gasteiger charge is 2.52. The highest BCUT2D eigenvalue weighted by Crippen LogP contribution is 2.32. The van der Waals surface area contributed by atoms with Crippen LogP contribution in [0.1, 0.15) is 40.5 Å². The van der Waals surface area contributed by atoms with Crippen LogP contribution in [0.25, 0.3) is 0 Å². The topological polar surface area (TPSA) is 214 Å². The first-order chi connectivity index (χ1) is 17.8. The van der Waals surface area contributed by atoms with Crippen LogP contribution in [-0.2, 0) is 52.3 Å². The minimum absolute atomic E-state index is 0.0403. The lowest BCUT2D eigenvalue weighted by molar-refractivity contribution is -0.342. The van der Waals surface area contributed by atoms with Crippen molar-refractivity contribution < 1.29 is 72.8 Å². The molecule has 38 heavy (non-hydrogen) atoms. The average molecular weight is 553 g/mol. The van der Waals surface area contributed by atoms with Gasteiger partial charge in [0.05, 0.1) is 12.7 Å². The molecule has 0 aromatic heterocycles. The van der Waals surface area contributed by atoms with E-state index in [2.05, 4.69) is 0 Å². The van der Waals surface area contributed by atoms with E-state index in [1.165, 1.54) is 6.92 Å². The number of hydrogen-bond acceptors (Lipinski definition) is 15. The number of rotatable bonds is 11. The number of ether oxygens (including phenoxy) is 7. The molecule has 2 heterocycles. The fourth-order valence-electron chi connectivity index (χ4n) is 4.10. The van der Waals surface area contributed by atoms with Crippen molar-refractivity contribution in [3.05, 3.63) is 0 Å². The van der Waals surface area contributed by atoms with Gasteiger partial charge in [-0.3, -0.25) is 19.2 Å². The van der Waals surface area contributed by atoms with Gasteiger partial charge >= 0.3 is 23.9 Å². The maximum absolute atomic E-state index is 11.8. The van der Waals surface area contributed by atoms with Gasteiger partial charge in [0.15, 0.2) is 12.4 Å². The Kier molecular flexibility index (Phi) is 12.3. The van der Waals surface area contributed by atoms with Crippen molar-refractivity contribution in [1.82, 2.24) is 0 Å². The normalized spacial score (nSPS) is 35.2. The summed E-state index contributed by atoms with van der Waals surface area (Å²) in [4.78, 5) is 45.5. The first-order valence-electron chi connectivity index (χ1n) is 12.1. The van der Waals surface area contributed by atoms with E-state index in [9.17, 15) is 39.6 Å². The Morgan fingerprint density at radius 2 is 1.21 bits per heavy atom. The molecule has 0 bridgehead atoms. The molecule has 15 heteroatoms. The molecular formula is C23H36O15. The Bertz CT molecular complexity index is 817. The molecule has 10 unspecified atom stereocenters. The lowest BCUT2D eigenvalue weighted by Crippen LogP contribution is -2.65. The van der Waals surface area contributed by atoms with Gasteiger partial charge < -0.3 is 53.6 Å². The predicted molar refractivity (Wildman–Crippen MR) is 121 cm³/mol. The largest absolute Gasteiger partial charge is 0.466 e. The molecule has 2 aliphatic heterocycles. The van der Waals surface area contributed by atoms with E-state index in [1.54, 1.807) is 0 Å². The van der Waals surface area contributed by atoms with Crippen molar-refractivity contribution in [2.75, 3.05) is 19.8 Å². The molecule has 0 aromatic rings. The number of esters is 4. The third-order valence-electron chi connectivity index (χ3n) is 5.86. The van der Waals surface area contributed by atoms with E-state index >= 15 is 0 Å². The van der Waals surface area contributed by atoms with Gasteiger partial charge in [0, 0.05) is 27.7 Å². The van der Waals surface area contributed by atoms with E-state index in [-0.39, 0.29) is 19.4 Å². The zero-order valence-electron chi connectivity index (χ0n) is 21.6. The quantitative estimate of drug-likeness (QED) is 0.121. The maximum Gasteiger partial charge on any atom is 0.303 e. The lowest BCUT2D eigenvalue weighted by atomic mass is 9.92. The first kappa shape index (κ1) is 31.8.